The molecule has 0 aliphatic heterocycles. The zero-order chi connectivity index (χ0) is 13.1. The molecule has 0 aliphatic carbocycles. The Kier molecular flexibility index (Phi) is 3.77. The molecule has 0 bridgehead atoms. The van der Waals surface area contributed by atoms with Gasteiger partial charge in [-0.3, -0.25) is 0 Å². The summed E-state index contributed by atoms with van der Waals surface area (Å²) in [6.45, 7) is 3.77. The molecule has 94 valence electrons. The number of hydrogen-bond donors (Lipinski definition) is 1. The number of hydrogen-bond acceptors (Lipinski definition) is 3. The molecule has 1 N–H and O–H groups in total. The number of aromatic nitrogens is 2. The fraction of sp³-hybridized carbons (Fsp3) is 0.231. The van der Waals surface area contributed by atoms with Crippen molar-refractivity contribution in [2.75, 3.05) is 5.32 Å². The largest absolute Gasteiger partial charge is 0.338 e. The second-order valence-corrected chi connectivity index (χ2v) is 4.34. The Labute approximate surface area is 110 Å². The molecule has 18 heavy (non-hydrogen) atoms. The molecular weight excluding hydrogens is 253 g/mol. The molecule has 5 heteroatoms. The van der Waals surface area contributed by atoms with E-state index in [1.807, 2.05) is 19.9 Å². The van der Waals surface area contributed by atoms with E-state index in [2.05, 4.69) is 15.3 Å². The van der Waals surface area contributed by atoms with Crippen LogP contribution in [0.3, 0.4) is 0 Å². The summed E-state index contributed by atoms with van der Waals surface area (Å²) >= 11 is 5.88. The van der Waals surface area contributed by atoms with E-state index in [1.54, 1.807) is 12.1 Å². The molecule has 0 amide bonds. The number of rotatable bonds is 3. The topological polar surface area (TPSA) is 37.8 Å². The number of nitrogens with one attached hydrogen (secondary N) is 1. The summed E-state index contributed by atoms with van der Waals surface area (Å²) in [6, 6.07) is 6.53. The summed E-state index contributed by atoms with van der Waals surface area (Å²) in [7, 11) is 0. The summed E-state index contributed by atoms with van der Waals surface area (Å²) in [6.07, 6.45) is 0.672. The molecule has 1 heterocycles. The second-order valence-electron chi connectivity index (χ2n) is 3.95. The van der Waals surface area contributed by atoms with Gasteiger partial charge in [0.2, 0.25) is 0 Å². The lowest BCUT2D eigenvalue weighted by Gasteiger charge is -2.08. The molecule has 0 spiro atoms. The van der Waals surface area contributed by atoms with Gasteiger partial charge in [0.25, 0.3) is 0 Å². The second kappa shape index (κ2) is 5.31. The van der Waals surface area contributed by atoms with Gasteiger partial charge in [-0.25, -0.2) is 14.4 Å². The molecule has 0 saturated carbocycles. The molecule has 0 radical (unpaired) electrons. The zero-order valence-electron chi connectivity index (χ0n) is 10.2. The highest BCUT2D eigenvalue weighted by molar-refractivity contribution is 6.29. The van der Waals surface area contributed by atoms with Gasteiger partial charge in [-0.15, -0.1) is 0 Å². The molecule has 2 rings (SSSR count). The zero-order valence-corrected chi connectivity index (χ0v) is 10.9. The third kappa shape index (κ3) is 2.96. The molecular formula is C13H13ClFN3. The Balaban J connectivity index is 2.30. The van der Waals surface area contributed by atoms with Crippen molar-refractivity contribution in [3.63, 3.8) is 0 Å². The van der Waals surface area contributed by atoms with Gasteiger partial charge in [0.15, 0.2) is 0 Å². The third-order valence-electron chi connectivity index (χ3n) is 2.44. The molecule has 0 fully saturated rings. The minimum Gasteiger partial charge on any atom is -0.338 e. The molecule has 3 nitrogen and oxygen atoms in total. The molecule has 1 aromatic heterocycles. The molecule has 2 aromatic rings. The standard InChI is InChI=1S/C13H13ClFN3/c1-3-12-17-11(14)7-13(18-12)16-10-5-4-8(2)6-9(10)15/h4-7H,3H2,1-2H3,(H,16,17,18). The number of halogens is 2. The first-order valence-corrected chi connectivity index (χ1v) is 6.03. The Morgan fingerprint density at radius 1 is 1.28 bits per heavy atom. The lowest BCUT2D eigenvalue weighted by atomic mass is 10.2. The van der Waals surface area contributed by atoms with Crippen molar-refractivity contribution in [2.24, 2.45) is 0 Å². The van der Waals surface area contributed by atoms with Crippen LogP contribution in [-0.4, -0.2) is 9.97 Å². The molecule has 0 aliphatic rings. The summed E-state index contributed by atoms with van der Waals surface area (Å²) in [5.41, 5.74) is 1.24. The quantitative estimate of drug-likeness (QED) is 0.856. The van der Waals surface area contributed by atoms with E-state index >= 15 is 0 Å². The molecule has 0 unspecified atom stereocenters. The summed E-state index contributed by atoms with van der Waals surface area (Å²) in [4.78, 5) is 8.29. The van der Waals surface area contributed by atoms with Gasteiger partial charge in [0, 0.05) is 12.5 Å². The summed E-state index contributed by atoms with van der Waals surface area (Å²) < 4.78 is 13.7. The maximum absolute atomic E-state index is 13.7. The Hall–Kier alpha value is -1.68. The van der Waals surface area contributed by atoms with Gasteiger partial charge in [0.1, 0.15) is 22.6 Å². The first-order valence-electron chi connectivity index (χ1n) is 5.65. The lowest BCUT2D eigenvalue weighted by Crippen LogP contribution is -2.01. The van der Waals surface area contributed by atoms with Crippen LogP contribution in [0.25, 0.3) is 0 Å². The van der Waals surface area contributed by atoms with Gasteiger partial charge in [-0.05, 0) is 24.6 Å². The summed E-state index contributed by atoms with van der Waals surface area (Å²) in [5, 5.41) is 3.25. The van der Waals surface area contributed by atoms with Crippen molar-refractivity contribution >= 4 is 23.1 Å². The predicted octanol–water partition coefficient (Wildman–Crippen LogP) is 3.88. The van der Waals surface area contributed by atoms with Gasteiger partial charge in [-0.1, -0.05) is 24.6 Å². The minimum atomic E-state index is -0.317. The fourth-order valence-electron chi connectivity index (χ4n) is 1.55. The van der Waals surface area contributed by atoms with Crippen LogP contribution in [0.15, 0.2) is 24.3 Å². The first kappa shape index (κ1) is 12.8. The van der Waals surface area contributed by atoms with Gasteiger partial charge in [0.05, 0.1) is 5.69 Å². The molecule has 0 saturated heterocycles. The van der Waals surface area contributed by atoms with E-state index < -0.39 is 0 Å². The van der Waals surface area contributed by atoms with Gasteiger partial charge < -0.3 is 5.32 Å². The van der Waals surface area contributed by atoms with Crippen molar-refractivity contribution in [1.29, 1.82) is 0 Å². The van der Waals surface area contributed by atoms with Crippen LogP contribution >= 0.6 is 11.6 Å². The number of aryl methyl sites for hydroxylation is 2. The van der Waals surface area contributed by atoms with Crippen LogP contribution in [0.1, 0.15) is 18.3 Å². The SMILES string of the molecule is CCc1nc(Cl)cc(Nc2ccc(C)cc2F)n1. The molecule has 1 aromatic carbocycles. The monoisotopic (exact) mass is 265 g/mol. The number of benzene rings is 1. The number of anilines is 2. The van der Waals surface area contributed by atoms with E-state index in [0.717, 1.165) is 5.56 Å². The first-order chi connectivity index (χ1) is 8.58. The van der Waals surface area contributed by atoms with Crippen LogP contribution in [-0.2, 0) is 6.42 Å². The van der Waals surface area contributed by atoms with E-state index in [1.165, 1.54) is 6.07 Å². The van der Waals surface area contributed by atoms with E-state index in [9.17, 15) is 4.39 Å². The Bertz CT molecular complexity index is 572. The highest BCUT2D eigenvalue weighted by atomic mass is 35.5. The predicted molar refractivity (Wildman–Crippen MR) is 70.8 cm³/mol. The van der Waals surface area contributed by atoms with Crippen molar-refractivity contribution in [3.05, 3.63) is 46.6 Å². The van der Waals surface area contributed by atoms with Crippen molar-refractivity contribution in [2.45, 2.75) is 20.3 Å². The Morgan fingerprint density at radius 3 is 2.72 bits per heavy atom. The van der Waals surface area contributed by atoms with Gasteiger partial charge in [-0.2, -0.15) is 0 Å². The smallest absolute Gasteiger partial charge is 0.146 e. The normalized spacial score (nSPS) is 10.4. The maximum atomic E-state index is 13.7. The number of nitrogens with zero attached hydrogens (tertiary/aromatic N) is 2. The molecule has 0 atom stereocenters. The van der Waals surface area contributed by atoms with Crippen LogP contribution in [0.5, 0.6) is 0 Å². The van der Waals surface area contributed by atoms with Crippen molar-refractivity contribution in [3.8, 4) is 0 Å². The van der Waals surface area contributed by atoms with E-state index in [4.69, 9.17) is 11.6 Å². The van der Waals surface area contributed by atoms with Crippen molar-refractivity contribution < 1.29 is 4.39 Å². The van der Waals surface area contributed by atoms with E-state index in [-0.39, 0.29) is 5.82 Å². The van der Waals surface area contributed by atoms with Crippen molar-refractivity contribution in [1.82, 2.24) is 9.97 Å². The summed E-state index contributed by atoms with van der Waals surface area (Å²) in [5.74, 6) is 0.801. The highest BCUT2D eigenvalue weighted by Crippen LogP contribution is 2.21. The average molecular weight is 266 g/mol. The minimum absolute atomic E-state index is 0.317. The third-order valence-corrected chi connectivity index (χ3v) is 2.64. The van der Waals surface area contributed by atoms with Crippen LogP contribution in [0.2, 0.25) is 5.15 Å². The fourth-order valence-corrected chi connectivity index (χ4v) is 1.75. The van der Waals surface area contributed by atoms with Crippen LogP contribution < -0.4 is 5.32 Å². The Morgan fingerprint density at radius 2 is 2.06 bits per heavy atom. The van der Waals surface area contributed by atoms with Crippen LogP contribution in [0.4, 0.5) is 15.9 Å². The average Bonchev–Trinajstić information content (AvgIpc) is 2.32. The highest BCUT2D eigenvalue weighted by Gasteiger charge is 2.06. The van der Waals surface area contributed by atoms with Gasteiger partial charge >= 0.3 is 0 Å². The maximum Gasteiger partial charge on any atom is 0.146 e. The lowest BCUT2D eigenvalue weighted by molar-refractivity contribution is 0.630. The van der Waals surface area contributed by atoms with E-state index in [0.29, 0.717) is 28.9 Å². The van der Waals surface area contributed by atoms with Crippen LogP contribution in [0, 0.1) is 12.7 Å².